The maximum atomic E-state index is 12.5. The topological polar surface area (TPSA) is 61.4 Å². The fourth-order valence-corrected chi connectivity index (χ4v) is 2.71. The number of carbonyl (C=O) groups excluding carboxylic acids is 2. The molecule has 2 amide bonds. The molecule has 0 radical (unpaired) electrons. The molecule has 5 nitrogen and oxygen atoms in total. The smallest absolute Gasteiger partial charge is 0.254 e. The zero-order valence-electron chi connectivity index (χ0n) is 10.7. The van der Waals surface area contributed by atoms with Gasteiger partial charge < -0.3 is 15.5 Å². The second kappa shape index (κ2) is 5.01. The normalized spacial score (nSPS) is 18.7. The molecule has 0 spiro atoms. The van der Waals surface area contributed by atoms with Gasteiger partial charge in [0.05, 0.1) is 6.54 Å². The minimum absolute atomic E-state index is 0.0198. The monoisotopic (exact) mass is 259 g/mol. The van der Waals surface area contributed by atoms with Gasteiger partial charge in [-0.15, -0.1) is 0 Å². The van der Waals surface area contributed by atoms with Crippen LogP contribution in [-0.4, -0.2) is 42.9 Å². The van der Waals surface area contributed by atoms with Gasteiger partial charge in [-0.3, -0.25) is 9.59 Å². The van der Waals surface area contributed by atoms with Gasteiger partial charge in [-0.25, -0.2) is 0 Å². The highest BCUT2D eigenvalue weighted by Crippen LogP contribution is 2.20. The number of piperazine rings is 1. The number of benzene rings is 1. The summed E-state index contributed by atoms with van der Waals surface area (Å²) in [5.41, 5.74) is 3.09. The molecular weight excluding hydrogens is 242 g/mol. The van der Waals surface area contributed by atoms with E-state index in [-0.39, 0.29) is 18.4 Å². The Bertz CT molecular complexity index is 527. The highest BCUT2D eigenvalue weighted by atomic mass is 16.2. The van der Waals surface area contributed by atoms with E-state index in [4.69, 9.17) is 0 Å². The number of nitrogens with one attached hydrogen (secondary N) is 2. The average molecular weight is 259 g/mol. The van der Waals surface area contributed by atoms with Crippen molar-refractivity contribution in [1.29, 1.82) is 0 Å². The number of hydrogen-bond donors (Lipinski definition) is 2. The molecular formula is C14H17N3O2. The van der Waals surface area contributed by atoms with Crippen molar-refractivity contribution in [3.63, 3.8) is 0 Å². The summed E-state index contributed by atoms with van der Waals surface area (Å²) in [6, 6.07) is 5.85. The van der Waals surface area contributed by atoms with Gasteiger partial charge in [-0.2, -0.15) is 0 Å². The van der Waals surface area contributed by atoms with Crippen molar-refractivity contribution in [1.82, 2.24) is 15.5 Å². The second-order valence-corrected chi connectivity index (χ2v) is 4.95. The van der Waals surface area contributed by atoms with Crippen LogP contribution in [0.25, 0.3) is 0 Å². The van der Waals surface area contributed by atoms with E-state index < -0.39 is 0 Å². The van der Waals surface area contributed by atoms with E-state index in [9.17, 15) is 9.59 Å². The van der Waals surface area contributed by atoms with Crippen LogP contribution in [0.1, 0.15) is 21.5 Å². The number of fused-ring (bicyclic) bond motifs is 1. The second-order valence-electron chi connectivity index (χ2n) is 4.95. The molecule has 100 valence electrons. The first-order valence-electron chi connectivity index (χ1n) is 6.63. The summed E-state index contributed by atoms with van der Waals surface area (Å²) in [4.78, 5) is 25.6. The lowest BCUT2D eigenvalue weighted by atomic mass is 9.94. The predicted octanol–water partition coefficient (Wildman–Crippen LogP) is -0.0957. The van der Waals surface area contributed by atoms with Gasteiger partial charge >= 0.3 is 0 Å². The van der Waals surface area contributed by atoms with E-state index in [0.29, 0.717) is 13.1 Å². The fourth-order valence-electron chi connectivity index (χ4n) is 2.71. The number of hydrogen-bond acceptors (Lipinski definition) is 3. The van der Waals surface area contributed by atoms with Crippen molar-refractivity contribution in [3.05, 3.63) is 34.9 Å². The van der Waals surface area contributed by atoms with Crippen LogP contribution >= 0.6 is 0 Å². The first-order valence-corrected chi connectivity index (χ1v) is 6.63. The van der Waals surface area contributed by atoms with E-state index in [1.54, 1.807) is 4.90 Å². The Morgan fingerprint density at radius 1 is 1.26 bits per heavy atom. The van der Waals surface area contributed by atoms with Crippen molar-refractivity contribution < 1.29 is 9.59 Å². The van der Waals surface area contributed by atoms with E-state index in [2.05, 4.69) is 16.7 Å². The maximum absolute atomic E-state index is 12.5. The Labute approximate surface area is 112 Å². The molecule has 1 aromatic carbocycles. The van der Waals surface area contributed by atoms with Gasteiger partial charge in [0, 0.05) is 25.2 Å². The first-order chi connectivity index (χ1) is 9.25. The predicted molar refractivity (Wildman–Crippen MR) is 70.8 cm³/mol. The minimum Gasteiger partial charge on any atom is -0.353 e. The lowest BCUT2D eigenvalue weighted by Crippen LogP contribution is -2.50. The molecule has 0 aliphatic carbocycles. The average Bonchev–Trinajstić information content (AvgIpc) is 2.46. The summed E-state index contributed by atoms with van der Waals surface area (Å²) >= 11 is 0. The van der Waals surface area contributed by atoms with Crippen LogP contribution in [0.3, 0.4) is 0 Å². The fraction of sp³-hybridized carbons (Fsp3) is 0.429. The van der Waals surface area contributed by atoms with Gasteiger partial charge in [-0.05, 0) is 30.2 Å². The summed E-state index contributed by atoms with van der Waals surface area (Å²) in [7, 11) is 0. The number of carbonyl (C=O) groups is 2. The third-order valence-corrected chi connectivity index (χ3v) is 3.70. The van der Waals surface area contributed by atoms with Crippen LogP contribution in [0.2, 0.25) is 0 Å². The van der Waals surface area contributed by atoms with Crippen LogP contribution in [0.4, 0.5) is 0 Å². The van der Waals surface area contributed by atoms with Crippen molar-refractivity contribution in [2.24, 2.45) is 0 Å². The van der Waals surface area contributed by atoms with E-state index in [1.165, 1.54) is 5.56 Å². The Balaban J connectivity index is 1.89. The maximum Gasteiger partial charge on any atom is 0.254 e. The van der Waals surface area contributed by atoms with Crippen molar-refractivity contribution in [2.45, 2.75) is 13.0 Å². The minimum atomic E-state index is -0.0777. The summed E-state index contributed by atoms with van der Waals surface area (Å²) in [5, 5.41) is 6.04. The van der Waals surface area contributed by atoms with Gasteiger partial charge in [0.25, 0.3) is 5.91 Å². The molecule has 2 heterocycles. The third-order valence-electron chi connectivity index (χ3n) is 3.70. The zero-order valence-corrected chi connectivity index (χ0v) is 10.7. The van der Waals surface area contributed by atoms with Crippen molar-refractivity contribution in [3.8, 4) is 0 Å². The molecule has 1 saturated heterocycles. The molecule has 1 aromatic rings. The molecule has 2 aliphatic rings. The Kier molecular flexibility index (Phi) is 3.21. The van der Waals surface area contributed by atoms with Gasteiger partial charge in [0.1, 0.15) is 0 Å². The lowest BCUT2D eigenvalue weighted by molar-refractivity contribution is -0.123. The Morgan fingerprint density at radius 2 is 2.16 bits per heavy atom. The molecule has 2 N–H and O–H groups in total. The Morgan fingerprint density at radius 3 is 3.00 bits per heavy atom. The van der Waals surface area contributed by atoms with Crippen LogP contribution in [0, 0.1) is 0 Å². The first kappa shape index (κ1) is 12.2. The number of amides is 2. The number of nitrogens with zero attached hydrogens (tertiary/aromatic N) is 1. The van der Waals surface area contributed by atoms with E-state index in [1.807, 2.05) is 12.1 Å². The third kappa shape index (κ3) is 2.33. The quantitative estimate of drug-likeness (QED) is 0.740. The molecule has 0 atom stereocenters. The molecule has 0 saturated carbocycles. The largest absolute Gasteiger partial charge is 0.353 e. The molecule has 2 aliphatic heterocycles. The standard InChI is InChI=1S/C14H17N3O2/c18-13-9-17(7-6-16-13)14(19)12-3-1-2-10-8-15-5-4-11(10)12/h1-3,15H,4-9H2,(H,16,18). The van der Waals surface area contributed by atoms with E-state index in [0.717, 1.165) is 30.6 Å². The lowest BCUT2D eigenvalue weighted by Gasteiger charge is -2.28. The molecule has 5 heteroatoms. The van der Waals surface area contributed by atoms with Gasteiger partial charge in [-0.1, -0.05) is 12.1 Å². The van der Waals surface area contributed by atoms with Crippen LogP contribution < -0.4 is 10.6 Å². The molecule has 3 rings (SSSR count). The van der Waals surface area contributed by atoms with Gasteiger partial charge in [0.2, 0.25) is 5.91 Å². The van der Waals surface area contributed by atoms with Crippen molar-refractivity contribution >= 4 is 11.8 Å². The van der Waals surface area contributed by atoms with Gasteiger partial charge in [0.15, 0.2) is 0 Å². The van der Waals surface area contributed by atoms with E-state index >= 15 is 0 Å². The summed E-state index contributed by atoms with van der Waals surface area (Å²) in [6.07, 6.45) is 0.872. The van der Waals surface area contributed by atoms with Crippen LogP contribution in [0.5, 0.6) is 0 Å². The summed E-state index contributed by atoms with van der Waals surface area (Å²) in [6.45, 7) is 3.02. The molecule has 0 aromatic heterocycles. The molecule has 0 unspecified atom stereocenters. The highest BCUT2D eigenvalue weighted by molar-refractivity contribution is 5.98. The number of rotatable bonds is 1. The summed E-state index contributed by atoms with van der Waals surface area (Å²) < 4.78 is 0. The zero-order chi connectivity index (χ0) is 13.2. The molecule has 19 heavy (non-hydrogen) atoms. The SMILES string of the molecule is O=C1CN(C(=O)c2cccc3c2CCNC3)CCN1. The Hall–Kier alpha value is -1.88. The summed E-state index contributed by atoms with van der Waals surface area (Å²) in [5.74, 6) is -0.0975. The molecule has 1 fully saturated rings. The molecule has 0 bridgehead atoms. The van der Waals surface area contributed by atoms with Crippen LogP contribution in [0.15, 0.2) is 18.2 Å². The highest BCUT2D eigenvalue weighted by Gasteiger charge is 2.25. The van der Waals surface area contributed by atoms with Crippen LogP contribution in [-0.2, 0) is 17.8 Å². The van der Waals surface area contributed by atoms with Crippen molar-refractivity contribution in [2.75, 3.05) is 26.2 Å².